The number of nitrogens with zero attached hydrogens (tertiary/aromatic N) is 4. The quantitative estimate of drug-likeness (QED) is 0.497. The summed E-state index contributed by atoms with van der Waals surface area (Å²) < 4.78 is 51.9. The molecule has 2 aromatic heterocycles. The number of nitrogens with one attached hydrogen (secondary N) is 2. The molecule has 3 rings (SSSR count). The maximum Gasteiger partial charge on any atom is 0.420 e. The Balaban J connectivity index is 1.79. The van der Waals surface area contributed by atoms with E-state index < -0.39 is 17.8 Å². The maximum absolute atomic E-state index is 13.5. The van der Waals surface area contributed by atoms with Gasteiger partial charge in [0.05, 0.1) is 29.8 Å². The van der Waals surface area contributed by atoms with Crippen LogP contribution in [0.15, 0.2) is 12.1 Å². The normalized spacial score (nSPS) is 11.9. The zero-order valence-electron chi connectivity index (χ0n) is 18.2. The topological polar surface area (TPSA) is 103 Å². The van der Waals surface area contributed by atoms with Crippen molar-refractivity contribution in [2.45, 2.75) is 45.9 Å². The molecule has 3 aromatic rings. The van der Waals surface area contributed by atoms with Crippen LogP contribution in [-0.2, 0) is 10.9 Å². The number of alkyl carbamates (subject to hydrolysis) is 1. The largest absolute Gasteiger partial charge is 0.496 e. The summed E-state index contributed by atoms with van der Waals surface area (Å²) in [6.45, 7) is 6.16. The summed E-state index contributed by atoms with van der Waals surface area (Å²) in [5.74, 6) is 0.515. The molecule has 0 fully saturated rings. The van der Waals surface area contributed by atoms with Crippen LogP contribution in [0.2, 0.25) is 0 Å². The lowest BCUT2D eigenvalue weighted by Crippen LogP contribution is -2.27. The fraction of sp³-hybridized carbons (Fsp3) is 0.500. The standard InChI is InChI=1S/C20H25F3N6O3/c1-11(2)32-19(30)25-8-6-5-7-24-17-18-28-27-12(3)29(18)15-9-13(20(21,22)23)16(31-4)10-14(15)26-17/h9-11H,5-8H2,1-4H3,(H,24,26)(H,25,30). The first-order valence-corrected chi connectivity index (χ1v) is 10.1. The van der Waals surface area contributed by atoms with E-state index in [4.69, 9.17) is 9.47 Å². The first-order valence-electron chi connectivity index (χ1n) is 10.1. The van der Waals surface area contributed by atoms with Gasteiger partial charge in [-0.15, -0.1) is 10.2 Å². The Labute approximate surface area is 182 Å². The van der Waals surface area contributed by atoms with Gasteiger partial charge < -0.3 is 20.1 Å². The average Bonchev–Trinajstić information content (AvgIpc) is 3.10. The number of benzene rings is 1. The summed E-state index contributed by atoms with van der Waals surface area (Å²) in [6, 6.07) is 2.25. The summed E-state index contributed by atoms with van der Waals surface area (Å²) in [6.07, 6.45) is -3.83. The van der Waals surface area contributed by atoms with Gasteiger partial charge in [-0.2, -0.15) is 13.2 Å². The molecule has 0 aliphatic heterocycles. The number of aromatic nitrogens is 4. The number of rotatable bonds is 8. The summed E-state index contributed by atoms with van der Waals surface area (Å²) in [5.41, 5.74) is -0.0280. The van der Waals surface area contributed by atoms with E-state index in [0.29, 0.717) is 48.7 Å². The molecule has 32 heavy (non-hydrogen) atoms. The maximum atomic E-state index is 13.5. The van der Waals surface area contributed by atoms with Crippen molar-refractivity contribution in [2.24, 2.45) is 0 Å². The van der Waals surface area contributed by atoms with Crippen LogP contribution in [0.5, 0.6) is 5.75 Å². The molecule has 0 bridgehead atoms. The number of carbonyl (C=O) groups is 1. The summed E-state index contributed by atoms with van der Waals surface area (Å²) in [4.78, 5) is 15.9. The van der Waals surface area contributed by atoms with Gasteiger partial charge in [-0.25, -0.2) is 9.78 Å². The number of unbranched alkanes of at least 4 members (excludes halogenated alkanes) is 1. The second-order valence-electron chi connectivity index (χ2n) is 7.42. The molecule has 0 saturated heterocycles. The minimum Gasteiger partial charge on any atom is -0.496 e. The third-order valence-electron chi connectivity index (χ3n) is 4.62. The number of hydrogen-bond acceptors (Lipinski definition) is 7. The molecule has 0 aliphatic carbocycles. The molecule has 0 atom stereocenters. The summed E-state index contributed by atoms with van der Waals surface area (Å²) >= 11 is 0. The Kier molecular flexibility index (Phi) is 6.90. The fourth-order valence-corrected chi connectivity index (χ4v) is 3.21. The number of ether oxygens (including phenoxy) is 2. The van der Waals surface area contributed by atoms with Gasteiger partial charge in [0, 0.05) is 19.2 Å². The smallest absolute Gasteiger partial charge is 0.420 e. The number of methoxy groups -OCH3 is 1. The van der Waals surface area contributed by atoms with Crippen LogP contribution in [0.3, 0.4) is 0 Å². The van der Waals surface area contributed by atoms with Gasteiger partial charge in [0.15, 0.2) is 5.82 Å². The molecule has 0 unspecified atom stereocenters. The molecular weight excluding hydrogens is 429 g/mol. The van der Waals surface area contributed by atoms with E-state index in [2.05, 4.69) is 25.8 Å². The SMILES string of the molecule is COc1cc2nc(NCCCCNC(=O)OC(C)C)c3nnc(C)n3c2cc1C(F)(F)F. The molecule has 1 aromatic carbocycles. The summed E-state index contributed by atoms with van der Waals surface area (Å²) in [7, 11) is 1.18. The third kappa shape index (κ3) is 5.11. The zero-order valence-corrected chi connectivity index (χ0v) is 18.2. The number of fused-ring (bicyclic) bond motifs is 3. The molecule has 12 heteroatoms. The molecule has 1 amide bonds. The molecule has 0 radical (unpaired) electrons. The number of alkyl halides is 3. The molecule has 0 aliphatic rings. The Hall–Kier alpha value is -3.31. The van der Waals surface area contributed by atoms with Crippen molar-refractivity contribution in [2.75, 3.05) is 25.5 Å². The number of amides is 1. The van der Waals surface area contributed by atoms with Gasteiger partial charge in [0.2, 0.25) is 5.65 Å². The minimum absolute atomic E-state index is 0.185. The summed E-state index contributed by atoms with van der Waals surface area (Å²) in [5, 5.41) is 13.9. The van der Waals surface area contributed by atoms with Crippen molar-refractivity contribution in [3.63, 3.8) is 0 Å². The Morgan fingerprint density at radius 2 is 1.91 bits per heavy atom. The van der Waals surface area contributed by atoms with E-state index in [1.807, 2.05) is 0 Å². The van der Waals surface area contributed by atoms with Gasteiger partial charge in [-0.1, -0.05) is 0 Å². The second-order valence-corrected chi connectivity index (χ2v) is 7.42. The van der Waals surface area contributed by atoms with E-state index in [1.54, 1.807) is 20.8 Å². The molecule has 9 nitrogen and oxygen atoms in total. The van der Waals surface area contributed by atoms with E-state index in [0.717, 1.165) is 6.07 Å². The van der Waals surface area contributed by atoms with Crippen LogP contribution >= 0.6 is 0 Å². The van der Waals surface area contributed by atoms with Crippen molar-refractivity contribution < 1.29 is 27.4 Å². The molecular formula is C20H25F3N6O3. The highest BCUT2D eigenvalue weighted by molar-refractivity contribution is 5.85. The average molecular weight is 454 g/mol. The molecule has 0 spiro atoms. The van der Waals surface area contributed by atoms with Crippen LogP contribution < -0.4 is 15.4 Å². The van der Waals surface area contributed by atoms with Gasteiger partial charge in [0.25, 0.3) is 0 Å². The molecule has 174 valence electrons. The highest BCUT2D eigenvalue weighted by Crippen LogP contribution is 2.39. The second kappa shape index (κ2) is 9.45. The van der Waals surface area contributed by atoms with E-state index in [9.17, 15) is 18.0 Å². The lowest BCUT2D eigenvalue weighted by atomic mass is 10.1. The van der Waals surface area contributed by atoms with Crippen molar-refractivity contribution in [1.82, 2.24) is 24.9 Å². The molecule has 2 N–H and O–H groups in total. The Morgan fingerprint density at radius 3 is 2.56 bits per heavy atom. The number of carbonyl (C=O) groups excluding carboxylic acids is 1. The zero-order chi connectivity index (χ0) is 23.5. The predicted molar refractivity (Wildman–Crippen MR) is 112 cm³/mol. The first kappa shape index (κ1) is 23.4. The number of anilines is 1. The van der Waals surface area contributed by atoms with Crippen molar-refractivity contribution in [3.8, 4) is 5.75 Å². The van der Waals surface area contributed by atoms with E-state index in [1.165, 1.54) is 17.6 Å². The van der Waals surface area contributed by atoms with Crippen molar-refractivity contribution in [1.29, 1.82) is 0 Å². The fourth-order valence-electron chi connectivity index (χ4n) is 3.21. The predicted octanol–water partition coefficient (Wildman–Crippen LogP) is 3.94. The van der Waals surface area contributed by atoms with Crippen LogP contribution in [0, 0.1) is 6.92 Å². The highest BCUT2D eigenvalue weighted by Gasteiger charge is 2.35. The first-order chi connectivity index (χ1) is 15.1. The monoisotopic (exact) mass is 454 g/mol. The number of hydrogen-bond donors (Lipinski definition) is 2. The molecule has 2 heterocycles. The Bertz CT molecular complexity index is 1110. The third-order valence-corrected chi connectivity index (χ3v) is 4.62. The highest BCUT2D eigenvalue weighted by atomic mass is 19.4. The van der Waals surface area contributed by atoms with Crippen LogP contribution in [-0.4, -0.2) is 52.0 Å². The lowest BCUT2D eigenvalue weighted by Gasteiger charge is -2.15. The van der Waals surface area contributed by atoms with E-state index in [-0.39, 0.29) is 17.4 Å². The van der Waals surface area contributed by atoms with Crippen LogP contribution in [0.25, 0.3) is 16.7 Å². The van der Waals surface area contributed by atoms with Gasteiger partial charge in [0.1, 0.15) is 11.6 Å². The number of halogens is 3. The minimum atomic E-state index is -4.58. The van der Waals surface area contributed by atoms with Gasteiger partial charge >= 0.3 is 12.3 Å². The van der Waals surface area contributed by atoms with Crippen LogP contribution in [0.1, 0.15) is 38.1 Å². The van der Waals surface area contributed by atoms with Crippen molar-refractivity contribution in [3.05, 3.63) is 23.5 Å². The molecule has 0 saturated carbocycles. The van der Waals surface area contributed by atoms with Gasteiger partial charge in [-0.05, 0) is 39.7 Å². The lowest BCUT2D eigenvalue weighted by molar-refractivity contribution is -0.138. The Morgan fingerprint density at radius 1 is 1.19 bits per heavy atom. The van der Waals surface area contributed by atoms with Crippen LogP contribution in [0.4, 0.5) is 23.8 Å². The number of aryl methyl sites for hydroxylation is 1. The van der Waals surface area contributed by atoms with Crippen molar-refractivity contribution >= 4 is 28.6 Å². The van der Waals surface area contributed by atoms with E-state index >= 15 is 0 Å². The van der Waals surface area contributed by atoms with Gasteiger partial charge in [-0.3, -0.25) is 4.40 Å².